The maximum Gasteiger partial charge on any atom is 0.247 e. The standard InChI is InChI=1S/C39H46N8O4/c1-3-39(48)43-32-21-33(36(49-2)22-35(32)46-13-10-30(11-14-46)44-15-17-45(18-16-44)31-24-50-25-31)42-37-23-38(41-26-40-37)47-34(12-19-51-47)29-9-8-27-6-4-5-7-28(27)20-29/h3-9,20-23,26,30-31,34H,1,10-19,24-25H2,2H3,(H,43,48)(H,40,41,42)/t34-/m1/s1. The fourth-order valence-corrected chi connectivity index (χ4v) is 7.84. The molecule has 2 N–H and O–H groups in total. The van der Waals surface area contributed by atoms with Gasteiger partial charge >= 0.3 is 0 Å². The van der Waals surface area contributed by atoms with E-state index >= 15 is 0 Å². The average molecular weight is 691 g/mol. The quantitative estimate of drug-likeness (QED) is 0.210. The van der Waals surface area contributed by atoms with Gasteiger partial charge in [-0.2, -0.15) is 0 Å². The molecule has 266 valence electrons. The SMILES string of the molecule is C=CC(=O)Nc1cc(Nc2cc(N3OCC[C@@H]3c3ccc4ccccc4c3)ncn2)c(OC)cc1N1CCC(N2CCN(C3COC3)CC2)CC1. The number of methoxy groups -OCH3 is 1. The van der Waals surface area contributed by atoms with Crippen LogP contribution in [0.2, 0.25) is 0 Å². The summed E-state index contributed by atoms with van der Waals surface area (Å²) in [5.74, 6) is 1.60. The molecule has 8 rings (SSSR count). The summed E-state index contributed by atoms with van der Waals surface area (Å²) >= 11 is 0. The van der Waals surface area contributed by atoms with Gasteiger partial charge in [-0.05, 0) is 47.4 Å². The van der Waals surface area contributed by atoms with Crippen molar-refractivity contribution in [3.63, 3.8) is 0 Å². The van der Waals surface area contributed by atoms with E-state index in [4.69, 9.17) is 14.3 Å². The second-order valence-electron chi connectivity index (χ2n) is 13.7. The molecule has 3 aromatic carbocycles. The second kappa shape index (κ2) is 14.8. The van der Waals surface area contributed by atoms with Gasteiger partial charge in [0.1, 0.15) is 17.9 Å². The number of hydrogen-bond donors (Lipinski definition) is 2. The van der Waals surface area contributed by atoms with Gasteiger partial charge in [-0.15, -0.1) is 0 Å². The first-order chi connectivity index (χ1) is 25.1. The summed E-state index contributed by atoms with van der Waals surface area (Å²) in [7, 11) is 1.66. The molecule has 1 atom stereocenters. The zero-order valence-electron chi connectivity index (χ0n) is 29.2. The van der Waals surface area contributed by atoms with Gasteiger partial charge in [0.2, 0.25) is 5.91 Å². The van der Waals surface area contributed by atoms with E-state index in [9.17, 15) is 4.79 Å². The van der Waals surface area contributed by atoms with Crippen LogP contribution in [0.5, 0.6) is 5.75 Å². The van der Waals surface area contributed by atoms with Gasteiger partial charge in [0.15, 0.2) is 5.82 Å². The Bertz CT molecular complexity index is 1870. The average Bonchev–Trinajstić information content (AvgIpc) is 3.65. The molecule has 0 spiro atoms. The lowest BCUT2D eigenvalue weighted by atomic mass is 10.0. The van der Waals surface area contributed by atoms with E-state index in [0.717, 1.165) is 77.4 Å². The van der Waals surface area contributed by atoms with Gasteiger partial charge < -0.3 is 25.0 Å². The van der Waals surface area contributed by atoms with E-state index < -0.39 is 0 Å². The third-order valence-electron chi connectivity index (χ3n) is 10.8. The van der Waals surface area contributed by atoms with Gasteiger partial charge in [-0.3, -0.25) is 19.4 Å². The second-order valence-corrected chi connectivity index (χ2v) is 13.7. The number of piperidine rings is 1. The first kappa shape index (κ1) is 33.4. The topological polar surface area (TPSA) is 108 Å². The molecular weight excluding hydrogens is 644 g/mol. The fourth-order valence-electron chi connectivity index (χ4n) is 7.84. The van der Waals surface area contributed by atoms with Crippen molar-refractivity contribution in [3.05, 3.63) is 85.2 Å². The van der Waals surface area contributed by atoms with Gasteiger partial charge in [-0.25, -0.2) is 15.0 Å². The predicted octanol–water partition coefficient (Wildman–Crippen LogP) is 5.37. The number of benzene rings is 3. The van der Waals surface area contributed by atoms with Crippen molar-refractivity contribution < 1.29 is 19.1 Å². The minimum atomic E-state index is -0.271. The van der Waals surface area contributed by atoms with E-state index in [2.05, 4.69) is 84.3 Å². The Morgan fingerprint density at radius 1 is 0.882 bits per heavy atom. The Labute approximate surface area is 298 Å². The molecular formula is C39H46N8O4. The molecule has 0 bridgehead atoms. The molecule has 0 unspecified atom stereocenters. The van der Waals surface area contributed by atoms with Gasteiger partial charge in [0, 0.05) is 63.9 Å². The largest absolute Gasteiger partial charge is 0.494 e. The number of fused-ring (bicyclic) bond motifs is 1. The lowest BCUT2D eigenvalue weighted by molar-refractivity contribution is -0.111. The van der Waals surface area contributed by atoms with Crippen molar-refractivity contribution in [2.24, 2.45) is 0 Å². The van der Waals surface area contributed by atoms with Crippen LogP contribution in [0.15, 0.2) is 79.6 Å². The van der Waals surface area contributed by atoms with E-state index in [1.54, 1.807) is 7.11 Å². The van der Waals surface area contributed by atoms with Crippen LogP contribution < -0.4 is 25.3 Å². The first-order valence-electron chi connectivity index (χ1n) is 18.0. The predicted molar refractivity (Wildman–Crippen MR) is 200 cm³/mol. The monoisotopic (exact) mass is 690 g/mol. The number of anilines is 5. The van der Waals surface area contributed by atoms with Crippen LogP contribution in [0.25, 0.3) is 10.8 Å². The van der Waals surface area contributed by atoms with E-state index in [1.165, 1.54) is 28.7 Å². The zero-order chi connectivity index (χ0) is 34.7. The Kier molecular flexibility index (Phi) is 9.72. The molecule has 51 heavy (non-hydrogen) atoms. The summed E-state index contributed by atoms with van der Waals surface area (Å²) in [4.78, 5) is 35.5. The van der Waals surface area contributed by atoms with Crippen LogP contribution in [0.1, 0.15) is 30.9 Å². The molecule has 0 aliphatic carbocycles. The van der Waals surface area contributed by atoms with Crippen LogP contribution >= 0.6 is 0 Å². The lowest BCUT2D eigenvalue weighted by Gasteiger charge is -2.46. The number of carbonyl (C=O) groups is 1. The molecule has 12 nitrogen and oxygen atoms in total. The fraction of sp³-hybridized carbons (Fsp3) is 0.410. The minimum absolute atomic E-state index is 0.0167. The number of ether oxygens (including phenoxy) is 2. The summed E-state index contributed by atoms with van der Waals surface area (Å²) in [6.45, 7) is 12.2. The number of nitrogens with one attached hydrogen (secondary N) is 2. The van der Waals surface area contributed by atoms with Crippen molar-refractivity contribution in [2.75, 3.05) is 86.8 Å². The lowest BCUT2D eigenvalue weighted by Crippen LogP contribution is -2.59. The van der Waals surface area contributed by atoms with Crippen LogP contribution in [0.4, 0.5) is 28.7 Å². The molecule has 4 aromatic rings. The summed E-state index contributed by atoms with van der Waals surface area (Å²) in [6, 6.07) is 21.9. The number of hydroxylamine groups is 1. The van der Waals surface area contributed by atoms with Crippen LogP contribution in [0, 0.1) is 0 Å². The van der Waals surface area contributed by atoms with Gasteiger partial charge in [0.05, 0.1) is 56.1 Å². The number of nitrogens with zero attached hydrogens (tertiary/aromatic N) is 6. The Balaban J connectivity index is 0.987. The molecule has 12 heteroatoms. The summed E-state index contributed by atoms with van der Waals surface area (Å²) in [5, 5.41) is 10.7. The third kappa shape index (κ3) is 7.09. The molecule has 4 fully saturated rings. The molecule has 1 amide bonds. The maximum absolute atomic E-state index is 12.7. The van der Waals surface area contributed by atoms with E-state index in [0.29, 0.717) is 47.5 Å². The Hall–Kier alpha value is -4.75. The molecule has 5 heterocycles. The first-order valence-corrected chi connectivity index (χ1v) is 18.0. The summed E-state index contributed by atoms with van der Waals surface area (Å²) in [6.07, 6.45) is 5.79. The molecule has 0 saturated carbocycles. The highest BCUT2D eigenvalue weighted by Crippen LogP contribution is 2.41. The minimum Gasteiger partial charge on any atom is -0.494 e. The van der Waals surface area contributed by atoms with Gasteiger partial charge in [0.25, 0.3) is 0 Å². The number of carbonyl (C=O) groups excluding carboxylic acids is 1. The third-order valence-corrected chi connectivity index (χ3v) is 10.8. The summed E-state index contributed by atoms with van der Waals surface area (Å²) in [5.41, 5.74) is 3.45. The normalized spacial score (nSPS) is 20.7. The van der Waals surface area contributed by atoms with E-state index in [1.807, 2.05) is 23.3 Å². The number of amides is 1. The highest BCUT2D eigenvalue weighted by atomic mass is 16.7. The molecule has 0 radical (unpaired) electrons. The van der Waals surface area contributed by atoms with Crippen molar-refractivity contribution in [3.8, 4) is 5.75 Å². The smallest absolute Gasteiger partial charge is 0.247 e. The molecule has 1 aromatic heterocycles. The van der Waals surface area contributed by atoms with Crippen molar-refractivity contribution >= 4 is 45.4 Å². The number of hydrogen-bond acceptors (Lipinski definition) is 11. The molecule has 4 saturated heterocycles. The van der Waals surface area contributed by atoms with E-state index in [-0.39, 0.29) is 11.9 Å². The molecule has 4 aliphatic heterocycles. The highest BCUT2D eigenvalue weighted by Gasteiger charge is 2.33. The summed E-state index contributed by atoms with van der Waals surface area (Å²) < 4.78 is 11.3. The zero-order valence-corrected chi connectivity index (χ0v) is 29.2. The molecule has 4 aliphatic rings. The Morgan fingerprint density at radius 3 is 2.37 bits per heavy atom. The van der Waals surface area contributed by atoms with Crippen LogP contribution in [-0.2, 0) is 14.4 Å². The number of rotatable bonds is 10. The van der Waals surface area contributed by atoms with Crippen LogP contribution in [0.3, 0.4) is 0 Å². The van der Waals surface area contributed by atoms with Gasteiger partial charge in [-0.1, -0.05) is 43.0 Å². The van der Waals surface area contributed by atoms with Crippen molar-refractivity contribution in [1.29, 1.82) is 0 Å². The highest BCUT2D eigenvalue weighted by molar-refractivity contribution is 6.02. The number of aromatic nitrogens is 2. The number of piperazine rings is 1. The maximum atomic E-state index is 12.7. The van der Waals surface area contributed by atoms with Crippen LogP contribution in [-0.4, -0.2) is 104 Å². The van der Waals surface area contributed by atoms with Crippen molar-refractivity contribution in [1.82, 2.24) is 19.8 Å². The Morgan fingerprint density at radius 2 is 1.65 bits per heavy atom. The van der Waals surface area contributed by atoms with Crippen molar-refractivity contribution in [2.45, 2.75) is 37.4 Å².